The van der Waals surface area contributed by atoms with E-state index in [4.69, 9.17) is 16.7 Å². The predicted molar refractivity (Wildman–Crippen MR) is 103 cm³/mol. The van der Waals surface area contributed by atoms with Crippen molar-refractivity contribution in [2.24, 2.45) is 5.92 Å². The number of carboxylic acid groups (broad SMARTS) is 1. The van der Waals surface area contributed by atoms with Crippen molar-refractivity contribution in [3.8, 4) is 11.1 Å². The molecule has 5 nitrogen and oxygen atoms in total. The van der Waals surface area contributed by atoms with Gasteiger partial charge in [-0.05, 0) is 53.8 Å². The number of benzene rings is 2. The molecular weight excluding hydrogens is 374 g/mol. The number of carbonyl (C=O) groups is 1. The van der Waals surface area contributed by atoms with Gasteiger partial charge in [-0.1, -0.05) is 36.7 Å². The first-order valence-electron chi connectivity index (χ1n) is 8.17. The van der Waals surface area contributed by atoms with Crippen LogP contribution in [-0.2, 0) is 21.2 Å². The van der Waals surface area contributed by atoms with E-state index in [1.807, 2.05) is 12.1 Å². The molecule has 0 fully saturated rings. The number of carboxylic acids is 1. The maximum Gasteiger partial charge on any atom is 0.306 e. The molecule has 0 amide bonds. The Morgan fingerprint density at radius 2 is 1.77 bits per heavy atom. The summed E-state index contributed by atoms with van der Waals surface area (Å²) in [6.07, 6.45) is 1.11. The Morgan fingerprint density at radius 3 is 2.31 bits per heavy atom. The third-order valence-corrected chi connectivity index (χ3v) is 6.35. The molecule has 0 aromatic heterocycles. The Hall–Kier alpha value is -1.89. The summed E-state index contributed by atoms with van der Waals surface area (Å²) < 4.78 is 25.5. The van der Waals surface area contributed by atoms with E-state index < -0.39 is 21.9 Å². The van der Waals surface area contributed by atoms with Crippen LogP contribution in [0, 0.1) is 5.92 Å². The van der Waals surface area contributed by atoms with E-state index in [9.17, 15) is 13.2 Å². The van der Waals surface area contributed by atoms with Crippen molar-refractivity contribution >= 4 is 27.6 Å². The van der Waals surface area contributed by atoms with Gasteiger partial charge in [-0.25, -0.2) is 12.7 Å². The summed E-state index contributed by atoms with van der Waals surface area (Å²) in [6.45, 7) is 1.68. The van der Waals surface area contributed by atoms with Crippen LogP contribution in [0.5, 0.6) is 0 Å². The molecule has 0 aliphatic rings. The molecule has 0 heterocycles. The number of nitrogens with zero attached hydrogens (tertiary/aromatic N) is 1. The van der Waals surface area contributed by atoms with Gasteiger partial charge < -0.3 is 5.11 Å². The highest BCUT2D eigenvalue weighted by molar-refractivity contribution is 7.89. The van der Waals surface area contributed by atoms with Crippen LogP contribution in [0.1, 0.15) is 18.9 Å². The Balaban J connectivity index is 2.36. The monoisotopic (exact) mass is 395 g/mol. The van der Waals surface area contributed by atoms with Crippen LogP contribution in [0.15, 0.2) is 47.4 Å². The maximum atomic E-state index is 12.2. The zero-order valence-electron chi connectivity index (χ0n) is 14.9. The number of sulfonamides is 1. The first-order valence-corrected chi connectivity index (χ1v) is 9.99. The molecule has 0 bridgehead atoms. The fourth-order valence-corrected chi connectivity index (χ4v) is 3.62. The van der Waals surface area contributed by atoms with Crippen molar-refractivity contribution in [2.75, 3.05) is 14.1 Å². The van der Waals surface area contributed by atoms with Gasteiger partial charge in [-0.15, -0.1) is 0 Å². The standard InChI is InChI=1S/C19H22ClNO4S/c1-13(19(22)23)4-5-14-6-9-16(20)12-18(14)15-7-10-17(11-8-15)26(24,25)21(2)3/h6-13H,4-5H2,1-3H3,(H,22,23)/t13-/m1/s1. The zero-order valence-corrected chi connectivity index (χ0v) is 16.5. The Kier molecular flexibility index (Phi) is 6.44. The molecule has 0 saturated carbocycles. The first kappa shape index (κ1) is 20.4. The van der Waals surface area contributed by atoms with Gasteiger partial charge in [0.25, 0.3) is 0 Å². The van der Waals surface area contributed by atoms with E-state index in [-0.39, 0.29) is 4.90 Å². The minimum Gasteiger partial charge on any atom is -0.481 e. The van der Waals surface area contributed by atoms with Crippen LogP contribution in [0.2, 0.25) is 5.02 Å². The first-order chi connectivity index (χ1) is 12.1. The number of rotatable bonds is 7. The lowest BCUT2D eigenvalue weighted by Crippen LogP contribution is -2.22. The fraction of sp³-hybridized carbons (Fsp3) is 0.316. The number of hydrogen-bond donors (Lipinski definition) is 1. The second-order valence-corrected chi connectivity index (χ2v) is 8.98. The summed E-state index contributed by atoms with van der Waals surface area (Å²) in [7, 11) is -0.507. The zero-order chi connectivity index (χ0) is 19.5. The summed E-state index contributed by atoms with van der Waals surface area (Å²) in [4.78, 5) is 11.3. The summed E-state index contributed by atoms with van der Waals surface area (Å²) in [5, 5.41) is 9.63. The quantitative estimate of drug-likeness (QED) is 0.771. The smallest absolute Gasteiger partial charge is 0.306 e. The van der Waals surface area contributed by atoms with Crippen molar-refractivity contribution in [3.05, 3.63) is 53.1 Å². The Labute approximate surface area is 159 Å². The minimum atomic E-state index is -3.48. The third kappa shape index (κ3) is 4.63. The van der Waals surface area contributed by atoms with Crippen molar-refractivity contribution < 1.29 is 18.3 Å². The molecular formula is C19H22ClNO4S. The lowest BCUT2D eigenvalue weighted by molar-refractivity contribution is -0.141. The minimum absolute atomic E-state index is 0.217. The Bertz CT molecular complexity index is 892. The summed E-state index contributed by atoms with van der Waals surface area (Å²) in [5.41, 5.74) is 2.69. The van der Waals surface area contributed by atoms with Crippen LogP contribution in [0.4, 0.5) is 0 Å². The van der Waals surface area contributed by atoms with E-state index in [1.54, 1.807) is 37.3 Å². The second-order valence-electron chi connectivity index (χ2n) is 6.39. The van der Waals surface area contributed by atoms with Crippen molar-refractivity contribution in [2.45, 2.75) is 24.7 Å². The average Bonchev–Trinajstić information content (AvgIpc) is 2.60. The second kappa shape index (κ2) is 8.20. The van der Waals surface area contributed by atoms with Gasteiger partial charge in [0.1, 0.15) is 0 Å². The van der Waals surface area contributed by atoms with Crippen molar-refractivity contribution in [1.29, 1.82) is 0 Å². The number of aryl methyl sites for hydroxylation is 1. The van der Waals surface area contributed by atoms with Gasteiger partial charge in [0, 0.05) is 19.1 Å². The summed E-state index contributed by atoms with van der Waals surface area (Å²) in [6, 6.07) is 12.1. The highest BCUT2D eigenvalue weighted by Crippen LogP contribution is 2.30. The third-order valence-electron chi connectivity index (χ3n) is 4.28. The highest BCUT2D eigenvalue weighted by Gasteiger charge is 2.17. The number of aliphatic carboxylic acids is 1. The molecule has 1 N–H and O–H groups in total. The largest absolute Gasteiger partial charge is 0.481 e. The van der Waals surface area contributed by atoms with Crippen molar-refractivity contribution in [1.82, 2.24) is 4.31 Å². The predicted octanol–water partition coefficient (Wildman–Crippen LogP) is 3.91. The summed E-state index contributed by atoms with van der Waals surface area (Å²) in [5.74, 6) is -1.26. The van der Waals surface area contributed by atoms with Crippen LogP contribution in [-0.4, -0.2) is 37.9 Å². The SMILES string of the molecule is C[C@H](CCc1ccc(Cl)cc1-c1ccc(S(=O)(=O)N(C)C)cc1)C(=O)O. The highest BCUT2D eigenvalue weighted by atomic mass is 35.5. The Morgan fingerprint density at radius 1 is 1.15 bits per heavy atom. The van der Waals surface area contributed by atoms with E-state index in [2.05, 4.69) is 0 Å². The maximum absolute atomic E-state index is 12.2. The van der Waals surface area contributed by atoms with Gasteiger partial charge in [0.05, 0.1) is 10.8 Å². The van der Waals surface area contributed by atoms with Gasteiger partial charge in [-0.2, -0.15) is 0 Å². The molecule has 140 valence electrons. The number of halogens is 1. The van der Waals surface area contributed by atoms with Crippen LogP contribution >= 0.6 is 11.6 Å². The van der Waals surface area contributed by atoms with Crippen LogP contribution in [0.25, 0.3) is 11.1 Å². The average molecular weight is 396 g/mol. The van der Waals surface area contributed by atoms with E-state index >= 15 is 0 Å². The van der Waals surface area contributed by atoms with Gasteiger partial charge in [0.15, 0.2) is 0 Å². The normalized spacial score (nSPS) is 13.0. The molecule has 0 radical (unpaired) electrons. The van der Waals surface area contributed by atoms with Gasteiger partial charge in [0.2, 0.25) is 10.0 Å². The molecule has 2 rings (SSSR count). The molecule has 2 aromatic rings. The van der Waals surface area contributed by atoms with Gasteiger partial charge >= 0.3 is 5.97 Å². The molecule has 2 aromatic carbocycles. The lowest BCUT2D eigenvalue weighted by atomic mass is 9.94. The fourth-order valence-electron chi connectivity index (χ4n) is 2.55. The van der Waals surface area contributed by atoms with Gasteiger partial charge in [-0.3, -0.25) is 4.79 Å². The van der Waals surface area contributed by atoms with Crippen LogP contribution in [0.3, 0.4) is 0 Å². The lowest BCUT2D eigenvalue weighted by Gasteiger charge is -2.14. The number of hydrogen-bond acceptors (Lipinski definition) is 3. The molecule has 0 aliphatic heterocycles. The topological polar surface area (TPSA) is 74.7 Å². The van der Waals surface area contributed by atoms with E-state index in [0.717, 1.165) is 16.7 Å². The summed E-state index contributed by atoms with van der Waals surface area (Å²) >= 11 is 6.13. The molecule has 0 spiro atoms. The molecule has 0 unspecified atom stereocenters. The van der Waals surface area contributed by atoms with Crippen molar-refractivity contribution in [3.63, 3.8) is 0 Å². The molecule has 26 heavy (non-hydrogen) atoms. The molecule has 1 atom stereocenters. The van der Waals surface area contributed by atoms with E-state index in [1.165, 1.54) is 18.4 Å². The molecule has 0 aliphatic carbocycles. The molecule has 7 heteroatoms. The van der Waals surface area contributed by atoms with E-state index in [0.29, 0.717) is 17.9 Å². The molecule has 0 saturated heterocycles. The van der Waals surface area contributed by atoms with Crippen LogP contribution < -0.4 is 0 Å².